The van der Waals surface area contributed by atoms with E-state index in [1.807, 2.05) is 38.1 Å². The normalized spacial score (nSPS) is 13.4. The molecule has 4 nitrogen and oxygen atoms in total. The zero-order valence-electron chi connectivity index (χ0n) is 11.7. The maximum absolute atomic E-state index is 5.76. The molecular formula is C14H24N2O2. The van der Waals surface area contributed by atoms with Gasteiger partial charge in [-0.05, 0) is 26.3 Å². The molecule has 0 aliphatic heterocycles. The molecule has 0 fully saturated rings. The monoisotopic (exact) mass is 252 g/mol. The van der Waals surface area contributed by atoms with Crippen molar-refractivity contribution in [1.82, 2.24) is 5.43 Å². The maximum Gasteiger partial charge on any atom is 0.124 e. The van der Waals surface area contributed by atoms with Gasteiger partial charge in [-0.1, -0.05) is 25.1 Å². The van der Waals surface area contributed by atoms with Crippen LogP contribution in [0.4, 0.5) is 0 Å². The summed E-state index contributed by atoms with van der Waals surface area (Å²) in [5.74, 6) is 6.53. The lowest BCUT2D eigenvalue weighted by atomic mass is 9.91. The van der Waals surface area contributed by atoms with Gasteiger partial charge < -0.3 is 9.47 Å². The van der Waals surface area contributed by atoms with E-state index in [2.05, 4.69) is 12.3 Å². The Morgan fingerprint density at radius 1 is 1.33 bits per heavy atom. The highest BCUT2D eigenvalue weighted by Gasteiger charge is 2.31. The van der Waals surface area contributed by atoms with Crippen LogP contribution in [-0.4, -0.2) is 19.3 Å². The highest BCUT2D eigenvalue weighted by Crippen LogP contribution is 2.33. The molecule has 0 bridgehead atoms. The predicted octanol–water partition coefficient (Wildman–Crippen LogP) is 2.40. The summed E-state index contributed by atoms with van der Waals surface area (Å²) in [5.41, 5.74) is 3.42. The summed E-state index contributed by atoms with van der Waals surface area (Å²) in [6.45, 7) is 6.77. The van der Waals surface area contributed by atoms with E-state index in [4.69, 9.17) is 15.3 Å². The summed E-state index contributed by atoms with van der Waals surface area (Å²) in [6.07, 6.45) is 0.975. The van der Waals surface area contributed by atoms with Gasteiger partial charge in [0.1, 0.15) is 5.75 Å². The van der Waals surface area contributed by atoms with Gasteiger partial charge in [-0.25, -0.2) is 5.43 Å². The van der Waals surface area contributed by atoms with Crippen molar-refractivity contribution in [2.45, 2.75) is 38.8 Å². The second-order valence-corrected chi connectivity index (χ2v) is 4.79. The molecule has 3 N–H and O–H groups in total. The highest BCUT2D eigenvalue weighted by atomic mass is 16.5. The average molecular weight is 252 g/mol. The second-order valence-electron chi connectivity index (χ2n) is 4.79. The van der Waals surface area contributed by atoms with Crippen LogP contribution >= 0.6 is 0 Å². The first-order valence-corrected chi connectivity index (χ1v) is 6.29. The number of nitrogens with two attached hydrogens (primary N) is 1. The molecule has 0 radical (unpaired) electrons. The molecular weight excluding hydrogens is 228 g/mol. The second kappa shape index (κ2) is 6.73. The molecule has 0 saturated carbocycles. The zero-order chi connectivity index (χ0) is 13.6. The molecule has 0 aromatic heterocycles. The third-order valence-electron chi connectivity index (χ3n) is 3.08. The minimum absolute atomic E-state index is 0.129. The molecule has 102 valence electrons. The quantitative estimate of drug-likeness (QED) is 0.578. The Morgan fingerprint density at radius 2 is 2.00 bits per heavy atom. The van der Waals surface area contributed by atoms with E-state index >= 15 is 0 Å². The standard InChI is InChI=1S/C14H24N2O2/c1-5-10-18-12-9-7-6-8-11(12)13(16-15)14(2,3)17-4/h6-9,13,16H,5,10,15H2,1-4H3. The number of methoxy groups -OCH3 is 1. The molecule has 0 saturated heterocycles. The summed E-state index contributed by atoms with van der Waals surface area (Å²) < 4.78 is 11.3. The molecule has 0 amide bonds. The van der Waals surface area contributed by atoms with Crippen LogP contribution < -0.4 is 16.0 Å². The number of hydrazine groups is 1. The molecule has 18 heavy (non-hydrogen) atoms. The van der Waals surface area contributed by atoms with Gasteiger partial charge in [-0.15, -0.1) is 0 Å². The van der Waals surface area contributed by atoms with Gasteiger partial charge in [-0.2, -0.15) is 0 Å². The van der Waals surface area contributed by atoms with Crippen molar-refractivity contribution >= 4 is 0 Å². The number of nitrogens with one attached hydrogen (secondary N) is 1. The Morgan fingerprint density at radius 3 is 2.56 bits per heavy atom. The van der Waals surface area contributed by atoms with E-state index in [9.17, 15) is 0 Å². The molecule has 1 unspecified atom stereocenters. The fourth-order valence-electron chi connectivity index (χ4n) is 1.85. The number of para-hydroxylation sites is 1. The van der Waals surface area contributed by atoms with Crippen molar-refractivity contribution in [1.29, 1.82) is 0 Å². The van der Waals surface area contributed by atoms with Crippen LogP contribution in [0.1, 0.15) is 38.8 Å². The fraction of sp³-hybridized carbons (Fsp3) is 0.571. The minimum Gasteiger partial charge on any atom is -0.493 e. The van der Waals surface area contributed by atoms with Gasteiger partial charge in [0.15, 0.2) is 0 Å². The number of benzene rings is 1. The van der Waals surface area contributed by atoms with E-state index in [-0.39, 0.29) is 6.04 Å². The van der Waals surface area contributed by atoms with Crippen molar-refractivity contribution in [3.63, 3.8) is 0 Å². The topological polar surface area (TPSA) is 56.5 Å². The molecule has 1 rings (SSSR count). The molecule has 1 aromatic carbocycles. The molecule has 1 atom stereocenters. The molecule has 0 aliphatic rings. The van der Waals surface area contributed by atoms with Gasteiger partial charge >= 0.3 is 0 Å². The number of ether oxygens (including phenoxy) is 2. The van der Waals surface area contributed by atoms with Gasteiger partial charge in [-0.3, -0.25) is 5.84 Å². The summed E-state index contributed by atoms with van der Waals surface area (Å²) in [5, 5.41) is 0. The van der Waals surface area contributed by atoms with E-state index < -0.39 is 5.60 Å². The molecule has 4 heteroatoms. The predicted molar refractivity (Wildman–Crippen MR) is 73.4 cm³/mol. The summed E-state index contributed by atoms with van der Waals surface area (Å²) in [4.78, 5) is 0. The van der Waals surface area contributed by atoms with Gasteiger partial charge in [0.2, 0.25) is 0 Å². The molecule has 0 aliphatic carbocycles. The Kier molecular flexibility index (Phi) is 5.59. The van der Waals surface area contributed by atoms with Crippen LogP contribution in [0.5, 0.6) is 5.75 Å². The van der Waals surface area contributed by atoms with E-state index in [1.54, 1.807) is 7.11 Å². The lowest BCUT2D eigenvalue weighted by molar-refractivity contribution is -0.0118. The fourth-order valence-corrected chi connectivity index (χ4v) is 1.85. The van der Waals surface area contributed by atoms with Gasteiger partial charge in [0.25, 0.3) is 0 Å². The smallest absolute Gasteiger partial charge is 0.124 e. The van der Waals surface area contributed by atoms with Crippen LogP contribution in [0.15, 0.2) is 24.3 Å². The van der Waals surface area contributed by atoms with Crippen LogP contribution in [0.2, 0.25) is 0 Å². The first-order chi connectivity index (χ1) is 8.56. The Balaban J connectivity index is 3.05. The zero-order valence-corrected chi connectivity index (χ0v) is 11.7. The van der Waals surface area contributed by atoms with E-state index in [0.717, 1.165) is 17.7 Å². The third kappa shape index (κ3) is 3.45. The van der Waals surface area contributed by atoms with Crippen molar-refractivity contribution in [2.24, 2.45) is 5.84 Å². The van der Waals surface area contributed by atoms with Crippen LogP contribution in [-0.2, 0) is 4.74 Å². The SMILES string of the molecule is CCCOc1ccccc1C(NN)C(C)(C)OC. The first kappa shape index (κ1) is 15.0. The lowest BCUT2D eigenvalue weighted by Crippen LogP contribution is -2.44. The van der Waals surface area contributed by atoms with Crippen molar-refractivity contribution in [3.8, 4) is 5.75 Å². The number of hydrogen-bond donors (Lipinski definition) is 2. The summed E-state index contributed by atoms with van der Waals surface area (Å²) in [7, 11) is 1.68. The van der Waals surface area contributed by atoms with E-state index in [1.165, 1.54) is 0 Å². The van der Waals surface area contributed by atoms with Crippen LogP contribution in [0.3, 0.4) is 0 Å². The van der Waals surface area contributed by atoms with Crippen molar-refractivity contribution < 1.29 is 9.47 Å². The number of hydrogen-bond acceptors (Lipinski definition) is 4. The number of rotatable bonds is 7. The van der Waals surface area contributed by atoms with Gasteiger partial charge in [0.05, 0.1) is 18.2 Å². The average Bonchev–Trinajstić information content (AvgIpc) is 2.38. The Hall–Kier alpha value is -1.10. The van der Waals surface area contributed by atoms with Crippen LogP contribution in [0, 0.1) is 0 Å². The minimum atomic E-state index is -0.416. The molecule has 0 spiro atoms. The maximum atomic E-state index is 5.76. The van der Waals surface area contributed by atoms with Crippen molar-refractivity contribution in [3.05, 3.63) is 29.8 Å². The lowest BCUT2D eigenvalue weighted by Gasteiger charge is -2.33. The van der Waals surface area contributed by atoms with Gasteiger partial charge in [0, 0.05) is 12.7 Å². The summed E-state index contributed by atoms with van der Waals surface area (Å²) in [6, 6.07) is 7.78. The largest absolute Gasteiger partial charge is 0.493 e. The molecule has 1 aromatic rings. The van der Waals surface area contributed by atoms with Crippen molar-refractivity contribution in [2.75, 3.05) is 13.7 Å². The Labute approximate surface area is 109 Å². The van der Waals surface area contributed by atoms with Crippen LogP contribution in [0.25, 0.3) is 0 Å². The highest BCUT2D eigenvalue weighted by molar-refractivity contribution is 5.37. The Bertz CT molecular complexity index is 367. The summed E-state index contributed by atoms with van der Waals surface area (Å²) >= 11 is 0. The third-order valence-corrected chi connectivity index (χ3v) is 3.08. The molecule has 0 heterocycles. The first-order valence-electron chi connectivity index (χ1n) is 6.29. The van der Waals surface area contributed by atoms with E-state index in [0.29, 0.717) is 6.61 Å².